The van der Waals surface area contributed by atoms with Crippen LogP contribution in [0.4, 0.5) is 0 Å². The van der Waals surface area contributed by atoms with Gasteiger partial charge in [0.1, 0.15) is 9.90 Å². The first kappa shape index (κ1) is 14.2. The molecule has 0 saturated carbocycles. The van der Waals surface area contributed by atoms with Gasteiger partial charge >= 0.3 is 5.97 Å². The number of carbonyl (C=O) groups excluding carboxylic acids is 1. The fraction of sp³-hybridized carbons (Fsp3) is 0.375. The van der Waals surface area contributed by atoms with Crippen molar-refractivity contribution in [1.29, 1.82) is 0 Å². The highest BCUT2D eigenvalue weighted by Crippen LogP contribution is 2.28. The number of hydrogen-bond donors (Lipinski definition) is 3. The molecule has 0 saturated heterocycles. The predicted octanol–water partition coefficient (Wildman–Crippen LogP) is 1.01. The summed E-state index contributed by atoms with van der Waals surface area (Å²) in [6.45, 7) is 1.25. The number of hydrogen-bond acceptors (Lipinski definition) is 5. The van der Waals surface area contributed by atoms with Gasteiger partial charge in [-0.15, -0.1) is 0 Å². The van der Waals surface area contributed by atoms with Gasteiger partial charge in [-0.2, -0.15) is 4.37 Å². The van der Waals surface area contributed by atoms with Gasteiger partial charge in [-0.3, -0.25) is 4.79 Å². The summed E-state index contributed by atoms with van der Waals surface area (Å²) in [6.07, 6.45) is -1.24. The van der Waals surface area contributed by atoms with E-state index in [4.69, 9.17) is 28.3 Å². The molecule has 0 fully saturated rings. The van der Waals surface area contributed by atoms with E-state index in [0.717, 1.165) is 11.5 Å². The summed E-state index contributed by atoms with van der Waals surface area (Å²) in [4.78, 5) is 22.4. The zero-order valence-corrected chi connectivity index (χ0v) is 10.8. The molecule has 1 heterocycles. The number of carboxylic acids is 1. The number of rotatable bonds is 4. The zero-order valence-electron chi connectivity index (χ0n) is 8.48. The van der Waals surface area contributed by atoms with Crippen LogP contribution in [0.15, 0.2) is 0 Å². The fourth-order valence-corrected chi connectivity index (χ4v) is 2.11. The molecule has 0 aliphatic heterocycles. The van der Waals surface area contributed by atoms with Gasteiger partial charge in [0, 0.05) is 0 Å². The van der Waals surface area contributed by atoms with E-state index in [1.54, 1.807) is 0 Å². The number of carboxylic acid groups (broad SMARTS) is 1. The standard InChI is InChI=1S/C8H8Cl2N2O4S/c1-2(13)4(8(15)16)11-7(14)5-3(9)6(10)12-17-5/h2,4,13H,1H3,(H,11,14)(H,15,16)/t2-,4+/m1/s1. The number of aliphatic hydroxyl groups is 1. The van der Waals surface area contributed by atoms with Crippen LogP contribution in [-0.2, 0) is 4.79 Å². The quantitative estimate of drug-likeness (QED) is 0.770. The maximum Gasteiger partial charge on any atom is 0.328 e. The maximum absolute atomic E-state index is 11.6. The smallest absolute Gasteiger partial charge is 0.328 e. The third-order valence-corrected chi connectivity index (χ3v) is 3.64. The van der Waals surface area contributed by atoms with Crippen LogP contribution in [0.2, 0.25) is 10.2 Å². The molecule has 0 aromatic carbocycles. The van der Waals surface area contributed by atoms with E-state index in [2.05, 4.69) is 9.69 Å². The van der Waals surface area contributed by atoms with Crippen LogP contribution in [0.5, 0.6) is 0 Å². The molecule has 9 heteroatoms. The number of nitrogens with zero attached hydrogens (tertiary/aromatic N) is 1. The molecule has 3 N–H and O–H groups in total. The van der Waals surface area contributed by atoms with Crippen LogP contribution in [0.1, 0.15) is 16.6 Å². The largest absolute Gasteiger partial charge is 0.480 e. The second kappa shape index (κ2) is 5.63. The molecule has 0 radical (unpaired) electrons. The Labute approximate surface area is 110 Å². The highest BCUT2D eigenvalue weighted by molar-refractivity contribution is 7.09. The third kappa shape index (κ3) is 3.29. The summed E-state index contributed by atoms with van der Waals surface area (Å²) in [7, 11) is 0. The summed E-state index contributed by atoms with van der Waals surface area (Å²) in [5.74, 6) is -2.09. The molecule has 0 spiro atoms. The molecule has 17 heavy (non-hydrogen) atoms. The Bertz CT molecular complexity index is 449. The first-order valence-electron chi connectivity index (χ1n) is 4.37. The first-order valence-corrected chi connectivity index (χ1v) is 5.90. The van der Waals surface area contributed by atoms with Crippen molar-refractivity contribution in [3.05, 3.63) is 15.1 Å². The van der Waals surface area contributed by atoms with Gasteiger partial charge in [-0.05, 0) is 18.5 Å². The molecule has 1 amide bonds. The summed E-state index contributed by atoms with van der Waals surface area (Å²) in [5.41, 5.74) is 0. The van der Waals surface area contributed by atoms with Crippen molar-refractivity contribution in [1.82, 2.24) is 9.69 Å². The Morgan fingerprint density at radius 1 is 1.47 bits per heavy atom. The summed E-state index contributed by atoms with van der Waals surface area (Å²) < 4.78 is 3.64. The lowest BCUT2D eigenvalue weighted by atomic mass is 10.2. The van der Waals surface area contributed by atoms with Crippen LogP contribution in [0.25, 0.3) is 0 Å². The van der Waals surface area contributed by atoms with Crippen LogP contribution in [0, 0.1) is 0 Å². The van der Waals surface area contributed by atoms with Crippen molar-refractivity contribution in [2.75, 3.05) is 0 Å². The number of amides is 1. The molecule has 6 nitrogen and oxygen atoms in total. The maximum atomic E-state index is 11.6. The Kier molecular flexibility index (Phi) is 4.70. The van der Waals surface area contributed by atoms with Gasteiger partial charge in [0.15, 0.2) is 11.2 Å². The minimum absolute atomic E-state index is 0.00330. The second-order valence-electron chi connectivity index (χ2n) is 3.15. The van der Waals surface area contributed by atoms with Crippen LogP contribution < -0.4 is 5.32 Å². The average Bonchev–Trinajstić information content (AvgIpc) is 2.55. The number of halogens is 2. The second-order valence-corrected chi connectivity index (χ2v) is 4.66. The van der Waals surface area contributed by atoms with E-state index >= 15 is 0 Å². The van der Waals surface area contributed by atoms with Gasteiger partial charge in [-0.25, -0.2) is 4.79 Å². The third-order valence-electron chi connectivity index (χ3n) is 1.84. The molecular formula is C8H8Cl2N2O4S. The molecule has 1 aromatic rings. The van der Waals surface area contributed by atoms with Gasteiger partial charge < -0.3 is 15.5 Å². The first-order chi connectivity index (χ1) is 7.84. The molecule has 0 aliphatic rings. The summed E-state index contributed by atoms with van der Waals surface area (Å²) in [5, 5.41) is 20.0. The van der Waals surface area contributed by atoms with E-state index < -0.39 is 24.0 Å². The van der Waals surface area contributed by atoms with E-state index in [1.807, 2.05) is 0 Å². The minimum atomic E-state index is -1.42. The number of carbonyl (C=O) groups is 2. The fourth-order valence-electron chi connectivity index (χ4n) is 0.996. The van der Waals surface area contributed by atoms with Crippen LogP contribution in [0.3, 0.4) is 0 Å². The SMILES string of the molecule is C[C@@H](O)[C@H](NC(=O)c1snc(Cl)c1Cl)C(=O)O. The summed E-state index contributed by atoms with van der Waals surface area (Å²) >= 11 is 12.0. The minimum Gasteiger partial charge on any atom is -0.480 e. The van der Waals surface area contributed by atoms with E-state index in [1.165, 1.54) is 6.92 Å². The highest BCUT2D eigenvalue weighted by atomic mass is 35.5. The molecular weight excluding hydrogens is 291 g/mol. The van der Waals surface area contributed by atoms with Crippen molar-refractivity contribution in [3.63, 3.8) is 0 Å². The topological polar surface area (TPSA) is 99.5 Å². The Balaban J connectivity index is 2.85. The molecule has 0 aliphatic carbocycles. The van der Waals surface area contributed by atoms with Crippen molar-refractivity contribution in [3.8, 4) is 0 Å². The molecule has 94 valence electrons. The highest BCUT2D eigenvalue weighted by Gasteiger charge is 2.27. The molecule has 1 aromatic heterocycles. The summed E-state index contributed by atoms with van der Waals surface area (Å²) in [6, 6.07) is -1.42. The van der Waals surface area contributed by atoms with Crippen molar-refractivity contribution >= 4 is 46.6 Å². The van der Waals surface area contributed by atoms with Gasteiger partial charge in [0.25, 0.3) is 5.91 Å². The van der Waals surface area contributed by atoms with E-state index in [9.17, 15) is 14.7 Å². The molecule has 2 atom stereocenters. The number of nitrogens with one attached hydrogen (secondary N) is 1. The Morgan fingerprint density at radius 2 is 2.06 bits per heavy atom. The zero-order chi connectivity index (χ0) is 13.2. The van der Waals surface area contributed by atoms with E-state index in [0.29, 0.717) is 0 Å². The van der Waals surface area contributed by atoms with Crippen molar-refractivity contribution < 1.29 is 19.8 Å². The molecule has 0 bridgehead atoms. The average molecular weight is 299 g/mol. The Morgan fingerprint density at radius 3 is 2.41 bits per heavy atom. The van der Waals surface area contributed by atoms with Crippen LogP contribution >= 0.6 is 34.7 Å². The number of aliphatic carboxylic acids is 1. The monoisotopic (exact) mass is 298 g/mol. The van der Waals surface area contributed by atoms with E-state index in [-0.39, 0.29) is 15.1 Å². The molecule has 0 unspecified atom stereocenters. The van der Waals surface area contributed by atoms with Gasteiger partial charge in [-0.1, -0.05) is 23.2 Å². The predicted molar refractivity (Wildman–Crippen MR) is 62.7 cm³/mol. The van der Waals surface area contributed by atoms with Crippen molar-refractivity contribution in [2.45, 2.75) is 19.1 Å². The normalized spacial score (nSPS) is 14.1. The number of aromatic nitrogens is 1. The molecule has 1 rings (SSSR count). The number of aliphatic hydroxyl groups excluding tert-OH is 1. The van der Waals surface area contributed by atoms with Gasteiger partial charge in [0.05, 0.1) is 6.10 Å². The van der Waals surface area contributed by atoms with Crippen LogP contribution in [-0.4, -0.2) is 38.6 Å². The van der Waals surface area contributed by atoms with Crippen molar-refractivity contribution in [2.24, 2.45) is 0 Å². The lowest BCUT2D eigenvalue weighted by Crippen LogP contribution is -2.47. The lowest BCUT2D eigenvalue weighted by molar-refractivity contribution is -0.141. The van der Waals surface area contributed by atoms with Gasteiger partial charge in [0.2, 0.25) is 0 Å². The lowest BCUT2D eigenvalue weighted by Gasteiger charge is -2.16. The Hall–Kier alpha value is -0.890.